The summed E-state index contributed by atoms with van der Waals surface area (Å²) in [7, 11) is 0. The van der Waals surface area contributed by atoms with Gasteiger partial charge in [0.15, 0.2) is 0 Å². The largest absolute Gasteiger partial charge is 0.481 e. The van der Waals surface area contributed by atoms with Crippen molar-refractivity contribution in [2.24, 2.45) is 0 Å². The number of carboxylic acid groups (broad SMARTS) is 1. The van der Waals surface area contributed by atoms with Crippen LogP contribution in [0.3, 0.4) is 0 Å². The summed E-state index contributed by atoms with van der Waals surface area (Å²) < 4.78 is 46.1. The van der Waals surface area contributed by atoms with E-state index in [0.29, 0.717) is 12.3 Å². The maximum atomic E-state index is 12.9. The molecular formula is C24H18F3NO3. The van der Waals surface area contributed by atoms with E-state index < -0.39 is 17.7 Å². The van der Waals surface area contributed by atoms with E-state index in [1.807, 2.05) is 47.2 Å². The maximum Gasteiger partial charge on any atom is 0.416 e. The number of benzene rings is 3. The van der Waals surface area contributed by atoms with E-state index in [9.17, 15) is 18.0 Å². The van der Waals surface area contributed by atoms with E-state index in [4.69, 9.17) is 9.84 Å². The monoisotopic (exact) mass is 425 g/mol. The highest BCUT2D eigenvalue weighted by Gasteiger charge is 2.30. The minimum atomic E-state index is -4.43. The quantitative estimate of drug-likeness (QED) is 0.404. The van der Waals surface area contributed by atoms with Gasteiger partial charge in [-0.05, 0) is 47.5 Å². The third-order valence-corrected chi connectivity index (χ3v) is 4.89. The topological polar surface area (TPSA) is 51.5 Å². The van der Waals surface area contributed by atoms with Crippen LogP contribution in [0.15, 0.2) is 79.0 Å². The van der Waals surface area contributed by atoms with Gasteiger partial charge < -0.3 is 14.4 Å². The lowest BCUT2D eigenvalue weighted by atomic mass is 10.1. The normalized spacial score (nSPS) is 11.6. The SMILES string of the molecule is O=C(O)Cc1cn(Cc2ccc(Oc3cccc(C(F)(F)F)c3)cc2)c2ccccc12. The number of hydrogen-bond donors (Lipinski definition) is 1. The van der Waals surface area contributed by atoms with Gasteiger partial charge in [-0.25, -0.2) is 0 Å². The first-order chi connectivity index (χ1) is 14.8. The van der Waals surface area contributed by atoms with E-state index in [0.717, 1.165) is 34.2 Å². The van der Waals surface area contributed by atoms with Gasteiger partial charge in [0.2, 0.25) is 0 Å². The number of halogens is 3. The number of ether oxygens (including phenoxy) is 1. The summed E-state index contributed by atoms with van der Waals surface area (Å²) in [5, 5.41) is 10.1. The molecule has 0 fully saturated rings. The number of hydrogen-bond acceptors (Lipinski definition) is 2. The van der Waals surface area contributed by atoms with Crippen LogP contribution in [0.4, 0.5) is 13.2 Å². The molecule has 0 saturated carbocycles. The van der Waals surface area contributed by atoms with Crippen molar-refractivity contribution < 1.29 is 27.8 Å². The number of aliphatic carboxylic acids is 1. The van der Waals surface area contributed by atoms with Crippen LogP contribution in [-0.4, -0.2) is 15.6 Å². The van der Waals surface area contributed by atoms with Crippen molar-refractivity contribution in [2.75, 3.05) is 0 Å². The van der Waals surface area contributed by atoms with Gasteiger partial charge in [0.1, 0.15) is 11.5 Å². The Labute approximate surface area is 176 Å². The van der Waals surface area contributed by atoms with Gasteiger partial charge in [0.05, 0.1) is 12.0 Å². The molecule has 4 nitrogen and oxygen atoms in total. The number of para-hydroxylation sites is 1. The standard InChI is InChI=1S/C24H18F3NO3/c25-24(26,27)18-4-3-5-20(13-18)31-19-10-8-16(9-11-19)14-28-15-17(12-23(29)30)21-6-1-2-7-22(21)28/h1-11,13,15H,12,14H2,(H,29,30). The molecule has 3 aromatic carbocycles. The summed E-state index contributed by atoms with van der Waals surface area (Å²) in [6.45, 7) is 0.518. The van der Waals surface area contributed by atoms with Crippen molar-refractivity contribution in [1.29, 1.82) is 0 Å². The van der Waals surface area contributed by atoms with Crippen LogP contribution in [0, 0.1) is 0 Å². The lowest BCUT2D eigenvalue weighted by molar-refractivity contribution is -0.138. The van der Waals surface area contributed by atoms with Crippen LogP contribution < -0.4 is 4.74 Å². The number of aromatic nitrogens is 1. The first-order valence-corrected chi connectivity index (χ1v) is 9.52. The Kier molecular flexibility index (Phi) is 5.42. The summed E-state index contributed by atoms with van der Waals surface area (Å²) in [5.74, 6) is -0.358. The third-order valence-electron chi connectivity index (χ3n) is 4.89. The highest BCUT2D eigenvalue weighted by atomic mass is 19.4. The van der Waals surface area contributed by atoms with E-state index in [-0.39, 0.29) is 12.2 Å². The summed E-state index contributed by atoms with van der Waals surface area (Å²) in [6.07, 6.45) is -2.65. The van der Waals surface area contributed by atoms with Gasteiger partial charge in [-0.1, -0.05) is 36.4 Å². The second kappa shape index (κ2) is 8.18. The van der Waals surface area contributed by atoms with E-state index >= 15 is 0 Å². The molecule has 0 unspecified atom stereocenters. The fraction of sp³-hybridized carbons (Fsp3) is 0.125. The molecule has 1 aromatic heterocycles. The van der Waals surface area contributed by atoms with Crippen molar-refractivity contribution >= 4 is 16.9 Å². The Bertz CT molecular complexity index is 1230. The minimum Gasteiger partial charge on any atom is -0.481 e. The van der Waals surface area contributed by atoms with E-state index in [2.05, 4.69) is 0 Å². The zero-order valence-electron chi connectivity index (χ0n) is 16.3. The molecule has 31 heavy (non-hydrogen) atoms. The molecule has 0 radical (unpaired) electrons. The molecular weight excluding hydrogens is 407 g/mol. The molecule has 4 aromatic rings. The summed E-state index contributed by atoms with van der Waals surface area (Å²) in [4.78, 5) is 11.2. The molecule has 0 aliphatic rings. The second-order valence-corrected chi connectivity index (χ2v) is 7.14. The third kappa shape index (κ3) is 4.71. The molecule has 0 aliphatic carbocycles. The Morgan fingerprint density at radius 3 is 2.39 bits per heavy atom. The number of carbonyl (C=O) groups is 1. The fourth-order valence-corrected chi connectivity index (χ4v) is 3.49. The smallest absolute Gasteiger partial charge is 0.416 e. The number of rotatable bonds is 6. The Morgan fingerprint density at radius 2 is 1.68 bits per heavy atom. The molecule has 0 saturated heterocycles. The number of carboxylic acids is 1. The molecule has 1 heterocycles. The van der Waals surface area contributed by atoms with E-state index in [1.54, 1.807) is 12.1 Å². The molecule has 4 rings (SSSR count). The Morgan fingerprint density at radius 1 is 0.935 bits per heavy atom. The molecule has 0 amide bonds. The molecule has 0 aliphatic heterocycles. The molecule has 0 bridgehead atoms. The van der Waals surface area contributed by atoms with Crippen LogP contribution in [0.1, 0.15) is 16.7 Å². The van der Waals surface area contributed by atoms with Gasteiger partial charge in [0, 0.05) is 23.6 Å². The average Bonchev–Trinajstić information content (AvgIpc) is 3.06. The predicted octanol–water partition coefficient (Wildman–Crippen LogP) is 6.13. The lowest BCUT2D eigenvalue weighted by Gasteiger charge is -2.11. The Hall–Kier alpha value is -3.74. The van der Waals surface area contributed by atoms with E-state index in [1.165, 1.54) is 12.1 Å². The van der Waals surface area contributed by atoms with Crippen molar-refractivity contribution in [3.05, 3.63) is 95.7 Å². The molecule has 158 valence electrons. The number of alkyl halides is 3. The van der Waals surface area contributed by atoms with Crippen LogP contribution in [0.2, 0.25) is 0 Å². The lowest BCUT2D eigenvalue weighted by Crippen LogP contribution is -2.04. The molecule has 7 heteroatoms. The first kappa shape index (κ1) is 20.5. The van der Waals surface area contributed by atoms with Gasteiger partial charge in [-0.3, -0.25) is 4.79 Å². The maximum absolute atomic E-state index is 12.9. The second-order valence-electron chi connectivity index (χ2n) is 7.14. The fourth-order valence-electron chi connectivity index (χ4n) is 3.49. The highest BCUT2D eigenvalue weighted by Crippen LogP contribution is 2.33. The first-order valence-electron chi connectivity index (χ1n) is 9.52. The van der Waals surface area contributed by atoms with Crippen LogP contribution in [0.5, 0.6) is 11.5 Å². The minimum absolute atomic E-state index is 0.0583. The van der Waals surface area contributed by atoms with Crippen LogP contribution >= 0.6 is 0 Å². The van der Waals surface area contributed by atoms with Crippen LogP contribution in [-0.2, 0) is 23.9 Å². The van der Waals surface area contributed by atoms with Crippen molar-refractivity contribution in [2.45, 2.75) is 19.1 Å². The predicted molar refractivity (Wildman–Crippen MR) is 110 cm³/mol. The average molecular weight is 425 g/mol. The van der Waals surface area contributed by atoms with Crippen molar-refractivity contribution in [3.8, 4) is 11.5 Å². The molecule has 0 spiro atoms. The van der Waals surface area contributed by atoms with Crippen molar-refractivity contribution in [1.82, 2.24) is 4.57 Å². The van der Waals surface area contributed by atoms with Gasteiger partial charge in [-0.15, -0.1) is 0 Å². The van der Waals surface area contributed by atoms with Gasteiger partial charge in [0.25, 0.3) is 0 Å². The zero-order chi connectivity index (χ0) is 22.0. The van der Waals surface area contributed by atoms with Crippen LogP contribution in [0.25, 0.3) is 10.9 Å². The van der Waals surface area contributed by atoms with Gasteiger partial charge >= 0.3 is 12.1 Å². The molecule has 0 atom stereocenters. The highest BCUT2D eigenvalue weighted by molar-refractivity contribution is 5.87. The Balaban J connectivity index is 1.53. The zero-order valence-corrected chi connectivity index (χ0v) is 16.3. The summed E-state index contributed by atoms with van der Waals surface area (Å²) in [6, 6.07) is 19.4. The summed E-state index contributed by atoms with van der Waals surface area (Å²) >= 11 is 0. The number of nitrogens with zero attached hydrogens (tertiary/aromatic N) is 1. The number of fused-ring (bicyclic) bond motifs is 1. The van der Waals surface area contributed by atoms with Crippen molar-refractivity contribution in [3.63, 3.8) is 0 Å². The molecule has 1 N–H and O–H groups in total. The van der Waals surface area contributed by atoms with Gasteiger partial charge in [-0.2, -0.15) is 13.2 Å². The summed E-state index contributed by atoms with van der Waals surface area (Å²) in [5.41, 5.74) is 1.85.